The van der Waals surface area contributed by atoms with Crippen molar-refractivity contribution in [2.45, 2.75) is 33.1 Å². The summed E-state index contributed by atoms with van der Waals surface area (Å²) in [6.45, 7) is 4.85. The maximum Gasteiger partial charge on any atom is 0.309 e. The Morgan fingerprint density at radius 1 is 1.12 bits per heavy atom. The van der Waals surface area contributed by atoms with Gasteiger partial charge in [0.25, 0.3) is 11.8 Å². The summed E-state index contributed by atoms with van der Waals surface area (Å²) in [6.07, 6.45) is 6.31. The number of anilines is 1. The van der Waals surface area contributed by atoms with Crippen molar-refractivity contribution in [3.05, 3.63) is 42.0 Å². The summed E-state index contributed by atoms with van der Waals surface area (Å²) in [4.78, 5) is 37.8. The van der Waals surface area contributed by atoms with Crippen molar-refractivity contribution in [3.8, 4) is 0 Å². The molecule has 140 valence electrons. The summed E-state index contributed by atoms with van der Waals surface area (Å²) in [5, 5.41) is 2.67. The predicted molar refractivity (Wildman–Crippen MR) is 99.8 cm³/mol. The van der Waals surface area contributed by atoms with Gasteiger partial charge in [0, 0.05) is 24.3 Å². The zero-order chi connectivity index (χ0) is 18.9. The van der Waals surface area contributed by atoms with Crippen LogP contribution in [0.1, 0.15) is 43.5 Å². The SMILES string of the molecule is CCN(CC)C(=O)c1ccc(NC(=O)COC(=O)[C@H]2CC=CCC2)cc1. The van der Waals surface area contributed by atoms with Crippen LogP contribution in [-0.4, -0.2) is 42.4 Å². The molecule has 1 atom stereocenters. The van der Waals surface area contributed by atoms with E-state index in [-0.39, 0.29) is 24.4 Å². The fraction of sp³-hybridized carbons (Fsp3) is 0.450. The van der Waals surface area contributed by atoms with E-state index in [9.17, 15) is 14.4 Å². The van der Waals surface area contributed by atoms with E-state index in [1.807, 2.05) is 26.0 Å². The number of rotatable bonds is 7. The summed E-state index contributed by atoms with van der Waals surface area (Å²) >= 11 is 0. The van der Waals surface area contributed by atoms with Crippen LogP contribution < -0.4 is 5.32 Å². The van der Waals surface area contributed by atoms with Crippen LogP contribution in [0.3, 0.4) is 0 Å². The second-order valence-corrected chi connectivity index (χ2v) is 6.19. The maximum absolute atomic E-state index is 12.2. The highest BCUT2D eigenvalue weighted by molar-refractivity contribution is 5.96. The quantitative estimate of drug-likeness (QED) is 0.600. The number of carbonyl (C=O) groups is 3. The normalized spacial score (nSPS) is 16.0. The number of hydrogen-bond acceptors (Lipinski definition) is 4. The minimum Gasteiger partial charge on any atom is -0.455 e. The molecule has 2 amide bonds. The fourth-order valence-corrected chi connectivity index (χ4v) is 2.85. The topological polar surface area (TPSA) is 75.7 Å². The van der Waals surface area contributed by atoms with E-state index < -0.39 is 5.91 Å². The van der Waals surface area contributed by atoms with E-state index >= 15 is 0 Å². The first-order valence-corrected chi connectivity index (χ1v) is 9.06. The van der Waals surface area contributed by atoms with Gasteiger partial charge >= 0.3 is 5.97 Å². The average molecular weight is 358 g/mol. The highest BCUT2D eigenvalue weighted by Gasteiger charge is 2.21. The molecule has 1 aliphatic carbocycles. The van der Waals surface area contributed by atoms with Gasteiger partial charge in [-0.1, -0.05) is 12.2 Å². The molecule has 1 aliphatic rings. The Labute approximate surface area is 154 Å². The van der Waals surface area contributed by atoms with E-state index in [0.717, 1.165) is 12.8 Å². The average Bonchev–Trinajstić information content (AvgIpc) is 2.68. The molecule has 2 rings (SSSR count). The number of amides is 2. The van der Waals surface area contributed by atoms with E-state index in [1.165, 1.54) is 0 Å². The molecule has 0 unspecified atom stereocenters. The van der Waals surface area contributed by atoms with E-state index in [0.29, 0.717) is 30.8 Å². The van der Waals surface area contributed by atoms with Crippen molar-refractivity contribution in [2.24, 2.45) is 5.92 Å². The smallest absolute Gasteiger partial charge is 0.309 e. The zero-order valence-electron chi connectivity index (χ0n) is 15.4. The molecule has 26 heavy (non-hydrogen) atoms. The molecule has 1 N–H and O–H groups in total. The lowest BCUT2D eigenvalue weighted by atomic mass is 9.95. The van der Waals surface area contributed by atoms with Gasteiger partial charge in [0.05, 0.1) is 5.92 Å². The molecular weight excluding hydrogens is 332 g/mol. The van der Waals surface area contributed by atoms with Gasteiger partial charge in [0.1, 0.15) is 0 Å². The Kier molecular flexibility index (Phi) is 7.38. The lowest BCUT2D eigenvalue weighted by Gasteiger charge is -2.18. The highest BCUT2D eigenvalue weighted by atomic mass is 16.5. The van der Waals surface area contributed by atoms with E-state index in [4.69, 9.17) is 4.74 Å². The molecule has 6 nitrogen and oxygen atoms in total. The van der Waals surface area contributed by atoms with Gasteiger partial charge in [-0.05, 0) is 57.4 Å². The van der Waals surface area contributed by atoms with Gasteiger partial charge in [0.2, 0.25) is 0 Å². The second kappa shape index (κ2) is 9.75. The highest BCUT2D eigenvalue weighted by Crippen LogP contribution is 2.19. The fourth-order valence-electron chi connectivity index (χ4n) is 2.85. The molecule has 0 aliphatic heterocycles. The summed E-state index contributed by atoms with van der Waals surface area (Å²) < 4.78 is 5.09. The lowest BCUT2D eigenvalue weighted by molar-refractivity contribution is -0.151. The molecule has 0 heterocycles. The Bertz CT molecular complexity index is 663. The maximum atomic E-state index is 12.2. The third kappa shape index (κ3) is 5.44. The largest absolute Gasteiger partial charge is 0.455 e. The van der Waals surface area contributed by atoms with Crippen molar-refractivity contribution < 1.29 is 19.1 Å². The lowest BCUT2D eigenvalue weighted by Crippen LogP contribution is -2.30. The number of allylic oxidation sites excluding steroid dienone is 2. The Morgan fingerprint density at radius 2 is 1.81 bits per heavy atom. The molecule has 0 saturated carbocycles. The summed E-state index contributed by atoms with van der Waals surface area (Å²) in [6, 6.07) is 6.69. The Hall–Kier alpha value is -2.63. The van der Waals surface area contributed by atoms with Crippen LogP contribution in [0.4, 0.5) is 5.69 Å². The molecule has 0 spiro atoms. The number of benzene rings is 1. The van der Waals surface area contributed by atoms with Crippen molar-refractivity contribution >= 4 is 23.5 Å². The molecular formula is C20H26N2O4. The van der Waals surface area contributed by atoms with Gasteiger partial charge in [-0.3, -0.25) is 14.4 Å². The number of hydrogen-bond donors (Lipinski definition) is 1. The standard InChI is InChI=1S/C20H26N2O4/c1-3-22(4-2)19(24)15-10-12-17(13-11-15)21-18(23)14-26-20(25)16-8-6-5-7-9-16/h5-6,10-13,16H,3-4,7-9,14H2,1-2H3,(H,21,23)/t16-/m0/s1. The summed E-state index contributed by atoms with van der Waals surface area (Å²) in [5.74, 6) is -0.918. The minimum atomic E-state index is -0.396. The zero-order valence-corrected chi connectivity index (χ0v) is 15.4. The molecule has 0 saturated heterocycles. The molecule has 0 aromatic heterocycles. The van der Waals surface area contributed by atoms with E-state index in [2.05, 4.69) is 5.32 Å². The van der Waals surface area contributed by atoms with Gasteiger partial charge in [-0.2, -0.15) is 0 Å². The van der Waals surface area contributed by atoms with Crippen molar-refractivity contribution in [1.82, 2.24) is 4.90 Å². The summed E-state index contributed by atoms with van der Waals surface area (Å²) in [7, 11) is 0. The van der Waals surface area contributed by atoms with Gasteiger partial charge in [-0.25, -0.2) is 0 Å². The first-order valence-electron chi connectivity index (χ1n) is 9.06. The second-order valence-electron chi connectivity index (χ2n) is 6.19. The van der Waals surface area contributed by atoms with Crippen LogP contribution in [0.2, 0.25) is 0 Å². The molecule has 0 bridgehead atoms. The Morgan fingerprint density at radius 3 is 2.38 bits per heavy atom. The molecule has 6 heteroatoms. The van der Waals surface area contributed by atoms with Crippen LogP contribution >= 0.6 is 0 Å². The first-order chi connectivity index (χ1) is 12.5. The van der Waals surface area contributed by atoms with Gasteiger partial charge in [-0.15, -0.1) is 0 Å². The Balaban J connectivity index is 1.82. The van der Waals surface area contributed by atoms with Crippen LogP contribution in [0.5, 0.6) is 0 Å². The molecule has 1 aromatic carbocycles. The number of esters is 1. The third-order valence-electron chi connectivity index (χ3n) is 4.41. The monoisotopic (exact) mass is 358 g/mol. The molecule has 0 fully saturated rings. The van der Waals surface area contributed by atoms with Crippen molar-refractivity contribution in [2.75, 3.05) is 25.0 Å². The number of nitrogens with one attached hydrogen (secondary N) is 1. The van der Waals surface area contributed by atoms with Gasteiger partial charge in [0.15, 0.2) is 6.61 Å². The number of ether oxygens (including phenoxy) is 1. The van der Waals surface area contributed by atoms with Crippen LogP contribution in [-0.2, 0) is 14.3 Å². The summed E-state index contributed by atoms with van der Waals surface area (Å²) in [5.41, 5.74) is 1.13. The number of carbonyl (C=O) groups excluding carboxylic acids is 3. The van der Waals surface area contributed by atoms with Gasteiger partial charge < -0.3 is 15.0 Å². The molecule has 1 aromatic rings. The van der Waals surface area contributed by atoms with Crippen molar-refractivity contribution in [3.63, 3.8) is 0 Å². The van der Waals surface area contributed by atoms with Crippen LogP contribution in [0.25, 0.3) is 0 Å². The number of nitrogens with zero attached hydrogens (tertiary/aromatic N) is 1. The van der Waals surface area contributed by atoms with Crippen molar-refractivity contribution in [1.29, 1.82) is 0 Å². The third-order valence-corrected chi connectivity index (χ3v) is 4.41. The minimum absolute atomic E-state index is 0.0386. The van der Waals surface area contributed by atoms with Crippen LogP contribution in [0.15, 0.2) is 36.4 Å². The van der Waals surface area contributed by atoms with E-state index in [1.54, 1.807) is 29.2 Å². The van der Waals surface area contributed by atoms with Crippen LogP contribution in [0, 0.1) is 5.92 Å². The predicted octanol–water partition coefficient (Wildman–Crippen LogP) is 3.01. The molecule has 0 radical (unpaired) electrons. The first kappa shape index (κ1) is 19.7.